The maximum absolute atomic E-state index is 11.6. The number of thioether (sulfide) groups is 2. The monoisotopic (exact) mass is 366 g/mol. The predicted octanol–water partition coefficient (Wildman–Crippen LogP) is 4.52. The minimum absolute atomic E-state index is 0.0143. The van der Waals surface area contributed by atoms with E-state index >= 15 is 0 Å². The summed E-state index contributed by atoms with van der Waals surface area (Å²) in [5.41, 5.74) is 1.17. The maximum Gasteiger partial charge on any atom is 0.312 e. The lowest BCUT2D eigenvalue weighted by Gasteiger charge is -2.24. The SMILES string of the molecule is COC(=O)[C@H](C)/C=C/[C@@H](CC1SCCCS1)OCc1ccccc1. The van der Waals surface area contributed by atoms with Crippen LogP contribution in [0.25, 0.3) is 0 Å². The first-order valence-corrected chi connectivity index (χ1v) is 10.4. The molecule has 0 bridgehead atoms. The second kappa shape index (κ2) is 10.9. The Hall–Kier alpha value is -0.910. The quantitative estimate of drug-likeness (QED) is 0.499. The Morgan fingerprint density at radius 1 is 1.25 bits per heavy atom. The van der Waals surface area contributed by atoms with Crippen LogP contribution in [0.15, 0.2) is 42.5 Å². The van der Waals surface area contributed by atoms with Crippen molar-refractivity contribution in [1.82, 2.24) is 0 Å². The highest BCUT2D eigenvalue weighted by Gasteiger charge is 2.20. The van der Waals surface area contributed by atoms with Gasteiger partial charge in [0.25, 0.3) is 0 Å². The lowest BCUT2D eigenvalue weighted by Crippen LogP contribution is -2.19. The number of esters is 1. The van der Waals surface area contributed by atoms with Crippen LogP contribution in [0.2, 0.25) is 0 Å². The van der Waals surface area contributed by atoms with Gasteiger partial charge < -0.3 is 9.47 Å². The van der Waals surface area contributed by atoms with Crippen molar-refractivity contribution in [3.8, 4) is 0 Å². The summed E-state index contributed by atoms with van der Waals surface area (Å²) in [4.78, 5) is 11.6. The maximum atomic E-state index is 11.6. The van der Waals surface area contributed by atoms with E-state index in [0.29, 0.717) is 11.2 Å². The first-order valence-electron chi connectivity index (χ1n) is 8.34. The van der Waals surface area contributed by atoms with E-state index in [1.54, 1.807) is 0 Å². The number of ether oxygens (including phenoxy) is 2. The van der Waals surface area contributed by atoms with E-state index in [1.165, 1.54) is 30.6 Å². The summed E-state index contributed by atoms with van der Waals surface area (Å²) in [6, 6.07) is 10.2. The fourth-order valence-electron chi connectivity index (χ4n) is 2.40. The Balaban J connectivity index is 1.94. The van der Waals surface area contributed by atoms with Gasteiger partial charge in [-0.1, -0.05) is 42.5 Å². The number of carbonyl (C=O) groups excluding carboxylic acids is 1. The molecule has 0 aliphatic carbocycles. The van der Waals surface area contributed by atoms with Crippen molar-refractivity contribution < 1.29 is 14.3 Å². The molecule has 2 rings (SSSR count). The smallest absolute Gasteiger partial charge is 0.312 e. The Bertz CT molecular complexity index is 513. The summed E-state index contributed by atoms with van der Waals surface area (Å²) in [5.74, 6) is 2.00. The van der Waals surface area contributed by atoms with E-state index in [4.69, 9.17) is 9.47 Å². The molecule has 0 amide bonds. The molecular weight excluding hydrogens is 340 g/mol. The van der Waals surface area contributed by atoms with Gasteiger partial charge in [0.15, 0.2) is 0 Å². The van der Waals surface area contributed by atoms with Crippen molar-refractivity contribution in [3.63, 3.8) is 0 Å². The summed E-state index contributed by atoms with van der Waals surface area (Å²) in [5, 5.41) is 0. The van der Waals surface area contributed by atoms with E-state index in [2.05, 4.69) is 12.1 Å². The lowest BCUT2D eigenvalue weighted by molar-refractivity contribution is -0.143. The van der Waals surface area contributed by atoms with Gasteiger partial charge in [0.05, 0.1) is 30.3 Å². The van der Waals surface area contributed by atoms with Crippen LogP contribution in [0.4, 0.5) is 0 Å². The molecule has 132 valence electrons. The molecule has 2 atom stereocenters. The van der Waals surface area contributed by atoms with Crippen LogP contribution in [0.3, 0.4) is 0 Å². The third-order valence-electron chi connectivity index (χ3n) is 3.82. The van der Waals surface area contributed by atoms with Gasteiger partial charge in [0.1, 0.15) is 0 Å². The standard InChI is InChI=1S/C19H26O3S2/c1-15(19(20)21-2)9-10-17(13-18-23-11-6-12-24-18)22-14-16-7-4-3-5-8-16/h3-5,7-10,15,17-18H,6,11-14H2,1-2H3/b10-9+/t15-,17+/m1/s1. The highest BCUT2D eigenvalue weighted by atomic mass is 32.2. The molecule has 0 radical (unpaired) electrons. The number of carbonyl (C=O) groups is 1. The molecule has 24 heavy (non-hydrogen) atoms. The zero-order valence-electron chi connectivity index (χ0n) is 14.4. The van der Waals surface area contributed by atoms with Crippen molar-refractivity contribution in [2.75, 3.05) is 18.6 Å². The molecule has 1 aliphatic rings. The highest BCUT2D eigenvalue weighted by Crippen LogP contribution is 2.34. The van der Waals surface area contributed by atoms with E-state index in [0.717, 1.165) is 6.42 Å². The van der Waals surface area contributed by atoms with Gasteiger partial charge in [0.2, 0.25) is 0 Å². The molecule has 1 fully saturated rings. The van der Waals surface area contributed by atoms with Crippen LogP contribution in [-0.2, 0) is 20.9 Å². The Kier molecular flexibility index (Phi) is 8.78. The molecule has 1 aliphatic heterocycles. The molecule has 1 aromatic rings. The zero-order chi connectivity index (χ0) is 17.2. The number of hydrogen-bond acceptors (Lipinski definition) is 5. The summed E-state index contributed by atoms with van der Waals surface area (Å²) >= 11 is 4.03. The largest absolute Gasteiger partial charge is 0.469 e. The van der Waals surface area contributed by atoms with E-state index in [-0.39, 0.29) is 18.0 Å². The van der Waals surface area contributed by atoms with E-state index < -0.39 is 0 Å². The van der Waals surface area contributed by atoms with Gasteiger partial charge in [-0.2, -0.15) is 0 Å². The van der Waals surface area contributed by atoms with Gasteiger partial charge in [-0.3, -0.25) is 4.79 Å². The summed E-state index contributed by atoms with van der Waals surface area (Å²) in [7, 11) is 1.42. The normalized spacial score (nSPS) is 18.4. The summed E-state index contributed by atoms with van der Waals surface area (Å²) in [6.45, 7) is 2.44. The topological polar surface area (TPSA) is 35.5 Å². The minimum Gasteiger partial charge on any atom is -0.469 e. The highest BCUT2D eigenvalue weighted by molar-refractivity contribution is 8.17. The molecule has 1 heterocycles. The molecule has 3 nitrogen and oxygen atoms in total. The fraction of sp³-hybridized carbons (Fsp3) is 0.526. The molecule has 0 saturated carbocycles. The van der Waals surface area contributed by atoms with E-state index in [9.17, 15) is 4.79 Å². The van der Waals surface area contributed by atoms with Crippen LogP contribution < -0.4 is 0 Å². The van der Waals surface area contributed by atoms with Gasteiger partial charge in [0, 0.05) is 0 Å². The Morgan fingerprint density at radius 2 is 1.96 bits per heavy atom. The van der Waals surface area contributed by atoms with Crippen molar-refractivity contribution in [1.29, 1.82) is 0 Å². The van der Waals surface area contributed by atoms with Crippen molar-refractivity contribution >= 4 is 29.5 Å². The molecular formula is C19H26O3S2. The zero-order valence-corrected chi connectivity index (χ0v) is 16.0. The minimum atomic E-state index is -0.246. The number of rotatable bonds is 8. The van der Waals surface area contributed by atoms with Crippen LogP contribution in [0.1, 0.15) is 25.3 Å². The van der Waals surface area contributed by atoms with Crippen LogP contribution >= 0.6 is 23.5 Å². The third-order valence-corrected chi connectivity index (χ3v) is 6.81. The van der Waals surface area contributed by atoms with Crippen LogP contribution in [0, 0.1) is 5.92 Å². The second-order valence-corrected chi connectivity index (χ2v) is 8.71. The molecule has 1 aromatic carbocycles. The molecule has 0 aromatic heterocycles. The van der Waals surface area contributed by atoms with Crippen molar-refractivity contribution in [2.45, 2.75) is 37.1 Å². The third kappa shape index (κ3) is 6.91. The molecule has 0 unspecified atom stereocenters. The predicted molar refractivity (Wildman–Crippen MR) is 103 cm³/mol. The molecule has 1 saturated heterocycles. The number of methoxy groups -OCH3 is 1. The number of hydrogen-bond donors (Lipinski definition) is 0. The Morgan fingerprint density at radius 3 is 2.62 bits per heavy atom. The average Bonchev–Trinajstić information content (AvgIpc) is 2.64. The molecule has 0 N–H and O–H groups in total. The van der Waals surface area contributed by atoms with Gasteiger partial charge in [-0.25, -0.2) is 0 Å². The summed E-state index contributed by atoms with van der Waals surface area (Å²) in [6.07, 6.45) is 6.20. The average molecular weight is 367 g/mol. The molecule has 5 heteroatoms. The van der Waals surface area contributed by atoms with Crippen molar-refractivity contribution in [2.24, 2.45) is 5.92 Å². The molecule has 0 spiro atoms. The van der Waals surface area contributed by atoms with Crippen molar-refractivity contribution in [3.05, 3.63) is 48.0 Å². The van der Waals surface area contributed by atoms with Crippen LogP contribution in [0.5, 0.6) is 0 Å². The number of benzene rings is 1. The van der Waals surface area contributed by atoms with Gasteiger partial charge in [-0.15, -0.1) is 23.5 Å². The fourth-order valence-corrected chi connectivity index (χ4v) is 5.34. The Labute approximate surface area is 153 Å². The van der Waals surface area contributed by atoms with Gasteiger partial charge in [-0.05, 0) is 36.8 Å². The summed E-state index contributed by atoms with van der Waals surface area (Å²) < 4.78 is 11.5. The lowest BCUT2D eigenvalue weighted by atomic mass is 10.1. The van der Waals surface area contributed by atoms with Gasteiger partial charge >= 0.3 is 5.97 Å². The van der Waals surface area contributed by atoms with E-state index in [1.807, 2.05) is 60.8 Å². The first-order chi connectivity index (χ1) is 11.7. The first kappa shape index (κ1) is 19.4. The second-order valence-electron chi connectivity index (χ2n) is 5.79. The van der Waals surface area contributed by atoms with Crippen LogP contribution in [-0.4, -0.2) is 35.3 Å².